The third-order valence-corrected chi connectivity index (χ3v) is 4.59. The van der Waals surface area contributed by atoms with Gasteiger partial charge in [-0.1, -0.05) is 18.2 Å². The first-order valence-corrected chi connectivity index (χ1v) is 8.88. The Bertz CT molecular complexity index is 653. The van der Waals surface area contributed by atoms with E-state index in [2.05, 4.69) is 31.9 Å². The lowest BCUT2D eigenvalue weighted by Gasteiger charge is -2.42. The first kappa shape index (κ1) is 17.6. The number of anilines is 1. The van der Waals surface area contributed by atoms with Crippen LogP contribution >= 0.6 is 0 Å². The van der Waals surface area contributed by atoms with Gasteiger partial charge in [0.05, 0.1) is 12.8 Å². The summed E-state index contributed by atoms with van der Waals surface area (Å²) in [5, 5.41) is 9.50. The molecule has 0 aliphatic carbocycles. The van der Waals surface area contributed by atoms with Crippen LogP contribution in [0, 0.1) is 0 Å². The van der Waals surface area contributed by atoms with Gasteiger partial charge in [-0.15, -0.1) is 0 Å². The van der Waals surface area contributed by atoms with Gasteiger partial charge in [0, 0.05) is 56.8 Å². The summed E-state index contributed by atoms with van der Waals surface area (Å²) in [6, 6.07) is 8.47. The monoisotopic (exact) mass is 342 g/mol. The zero-order chi connectivity index (χ0) is 17.5. The number of ether oxygens (including phenoxy) is 1. The average Bonchev–Trinajstić information content (AvgIpc) is 2.66. The summed E-state index contributed by atoms with van der Waals surface area (Å²) >= 11 is 0. The lowest BCUT2D eigenvalue weighted by Crippen LogP contribution is -2.53. The molecule has 1 aromatic carbocycles. The first-order valence-electron chi connectivity index (χ1n) is 8.88. The van der Waals surface area contributed by atoms with Crippen molar-refractivity contribution in [3.05, 3.63) is 48.4 Å². The molecule has 6 heteroatoms. The van der Waals surface area contributed by atoms with Crippen molar-refractivity contribution >= 4 is 5.82 Å². The van der Waals surface area contributed by atoms with Gasteiger partial charge in [0.15, 0.2) is 0 Å². The van der Waals surface area contributed by atoms with E-state index >= 15 is 0 Å². The average molecular weight is 342 g/mol. The number of nitrogens with zero attached hydrogens (tertiary/aromatic N) is 4. The Kier molecular flexibility index (Phi) is 6.19. The highest BCUT2D eigenvalue weighted by Crippen LogP contribution is 2.24. The molecule has 6 nitrogen and oxygen atoms in total. The van der Waals surface area contributed by atoms with Crippen molar-refractivity contribution in [2.24, 2.45) is 0 Å². The second kappa shape index (κ2) is 8.78. The van der Waals surface area contributed by atoms with Crippen LogP contribution in [0.3, 0.4) is 0 Å². The van der Waals surface area contributed by atoms with Crippen molar-refractivity contribution in [3.63, 3.8) is 0 Å². The molecule has 3 rings (SSSR count). The Labute approximate surface area is 149 Å². The van der Waals surface area contributed by atoms with Crippen LogP contribution in [0.4, 0.5) is 5.82 Å². The smallest absolute Gasteiger partial charge is 0.147 e. The second-order valence-electron chi connectivity index (χ2n) is 6.19. The van der Waals surface area contributed by atoms with E-state index in [0.29, 0.717) is 6.61 Å². The predicted octanol–water partition coefficient (Wildman–Crippen LogP) is 1.95. The molecule has 1 atom stereocenters. The van der Waals surface area contributed by atoms with Crippen LogP contribution in [0.5, 0.6) is 5.75 Å². The number of rotatable bonds is 7. The maximum Gasteiger partial charge on any atom is 0.147 e. The normalized spacial score (nSPS) is 18.3. The highest BCUT2D eigenvalue weighted by atomic mass is 16.5. The first-order chi connectivity index (χ1) is 12.3. The van der Waals surface area contributed by atoms with Crippen LogP contribution in [-0.2, 0) is 6.54 Å². The number of hydrogen-bond donors (Lipinski definition) is 1. The number of aliphatic hydroxyl groups is 1. The molecular formula is C19H26N4O2. The third-order valence-electron chi connectivity index (χ3n) is 4.59. The van der Waals surface area contributed by atoms with Crippen LogP contribution in [0.2, 0.25) is 0 Å². The fraction of sp³-hybridized carbons (Fsp3) is 0.474. The molecule has 1 N–H and O–H groups in total. The topological polar surface area (TPSA) is 61.7 Å². The number of aliphatic hydroxyl groups excluding tert-OH is 1. The molecule has 1 aromatic heterocycles. The summed E-state index contributed by atoms with van der Waals surface area (Å²) in [5.41, 5.74) is 1.19. The third kappa shape index (κ3) is 4.46. The van der Waals surface area contributed by atoms with Crippen LogP contribution in [0.15, 0.2) is 42.9 Å². The van der Waals surface area contributed by atoms with Gasteiger partial charge < -0.3 is 14.7 Å². The summed E-state index contributed by atoms with van der Waals surface area (Å²) in [4.78, 5) is 13.3. The van der Waals surface area contributed by atoms with Crippen molar-refractivity contribution in [1.82, 2.24) is 14.9 Å². The molecule has 0 saturated carbocycles. The fourth-order valence-corrected chi connectivity index (χ4v) is 3.34. The van der Waals surface area contributed by atoms with Crippen LogP contribution < -0.4 is 9.64 Å². The van der Waals surface area contributed by atoms with Gasteiger partial charge in [-0.2, -0.15) is 0 Å². The van der Waals surface area contributed by atoms with E-state index in [4.69, 9.17) is 4.74 Å². The van der Waals surface area contributed by atoms with Gasteiger partial charge in [0.1, 0.15) is 11.6 Å². The molecule has 2 aromatic rings. The van der Waals surface area contributed by atoms with E-state index in [-0.39, 0.29) is 12.6 Å². The zero-order valence-electron chi connectivity index (χ0n) is 14.7. The minimum atomic E-state index is 0.183. The maximum absolute atomic E-state index is 9.50. The SMILES string of the molecule is CCOc1ccccc1CN1CCN(c2cnccn2)C[C@H]1CCO. The van der Waals surface area contributed by atoms with E-state index < -0.39 is 0 Å². The number of hydrogen-bond acceptors (Lipinski definition) is 6. The molecule has 25 heavy (non-hydrogen) atoms. The molecule has 0 bridgehead atoms. The zero-order valence-corrected chi connectivity index (χ0v) is 14.7. The van der Waals surface area contributed by atoms with Gasteiger partial charge in [0.25, 0.3) is 0 Å². The van der Waals surface area contributed by atoms with E-state index in [1.54, 1.807) is 18.6 Å². The molecular weight excluding hydrogens is 316 g/mol. The number of piperazine rings is 1. The molecule has 0 radical (unpaired) electrons. The van der Waals surface area contributed by atoms with Crippen molar-refractivity contribution < 1.29 is 9.84 Å². The van der Waals surface area contributed by atoms with Gasteiger partial charge in [0.2, 0.25) is 0 Å². The van der Waals surface area contributed by atoms with Crippen molar-refractivity contribution in [3.8, 4) is 5.75 Å². The Morgan fingerprint density at radius 3 is 2.88 bits per heavy atom. The lowest BCUT2D eigenvalue weighted by molar-refractivity contribution is 0.134. The molecule has 134 valence electrons. The maximum atomic E-state index is 9.50. The molecule has 0 amide bonds. The summed E-state index contributed by atoms with van der Waals surface area (Å²) in [6.07, 6.45) is 5.96. The molecule has 0 spiro atoms. The quantitative estimate of drug-likeness (QED) is 0.830. The molecule has 1 aliphatic heterocycles. The molecule has 2 heterocycles. The minimum Gasteiger partial charge on any atom is -0.494 e. The Balaban J connectivity index is 1.71. The van der Waals surface area contributed by atoms with Gasteiger partial charge in [-0.05, 0) is 19.4 Å². The molecule has 1 saturated heterocycles. The number of benzene rings is 1. The molecule has 0 unspecified atom stereocenters. The van der Waals surface area contributed by atoms with E-state index in [0.717, 1.165) is 44.2 Å². The minimum absolute atomic E-state index is 0.183. The van der Waals surface area contributed by atoms with Gasteiger partial charge in [-0.3, -0.25) is 9.88 Å². The standard InChI is InChI=1S/C19H26N4O2/c1-2-25-18-6-4-3-5-16(18)14-22-10-11-23(15-17(22)7-12-24)19-13-20-8-9-21-19/h3-6,8-9,13,17,24H,2,7,10-12,14-15H2,1H3/t17-/m1/s1. The Morgan fingerprint density at radius 1 is 1.24 bits per heavy atom. The largest absolute Gasteiger partial charge is 0.494 e. The summed E-state index contributed by atoms with van der Waals surface area (Å²) < 4.78 is 5.76. The highest BCUT2D eigenvalue weighted by molar-refractivity contribution is 5.37. The van der Waals surface area contributed by atoms with Crippen molar-refractivity contribution in [1.29, 1.82) is 0 Å². The second-order valence-corrected chi connectivity index (χ2v) is 6.19. The number of para-hydroxylation sites is 1. The van der Waals surface area contributed by atoms with Crippen molar-refractivity contribution in [2.45, 2.75) is 25.9 Å². The predicted molar refractivity (Wildman–Crippen MR) is 97.8 cm³/mol. The Morgan fingerprint density at radius 2 is 2.12 bits per heavy atom. The van der Waals surface area contributed by atoms with E-state index in [1.807, 2.05) is 19.1 Å². The summed E-state index contributed by atoms with van der Waals surface area (Å²) in [6.45, 7) is 6.34. The van der Waals surface area contributed by atoms with E-state index in [9.17, 15) is 5.11 Å². The fourth-order valence-electron chi connectivity index (χ4n) is 3.34. The number of aromatic nitrogens is 2. The van der Waals surface area contributed by atoms with Crippen LogP contribution in [-0.4, -0.2) is 58.9 Å². The van der Waals surface area contributed by atoms with Crippen LogP contribution in [0.1, 0.15) is 18.9 Å². The van der Waals surface area contributed by atoms with E-state index in [1.165, 1.54) is 5.56 Å². The van der Waals surface area contributed by atoms with Gasteiger partial charge in [-0.25, -0.2) is 4.98 Å². The lowest BCUT2D eigenvalue weighted by atomic mass is 10.1. The van der Waals surface area contributed by atoms with Crippen LogP contribution in [0.25, 0.3) is 0 Å². The summed E-state index contributed by atoms with van der Waals surface area (Å²) in [5.74, 6) is 1.85. The molecule has 1 aliphatic rings. The summed E-state index contributed by atoms with van der Waals surface area (Å²) in [7, 11) is 0. The van der Waals surface area contributed by atoms with Crippen molar-refractivity contribution in [2.75, 3.05) is 37.7 Å². The Hall–Kier alpha value is -2.18. The highest BCUT2D eigenvalue weighted by Gasteiger charge is 2.28. The molecule has 1 fully saturated rings. The van der Waals surface area contributed by atoms with Gasteiger partial charge >= 0.3 is 0 Å².